The van der Waals surface area contributed by atoms with Crippen molar-refractivity contribution < 1.29 is 18.7 Å². The first-order valence-electron chi connectivity index (χ1n) is 8.94. The van der Waals surface area contributed by atoms with Gasteiger partial charge in [0.25, 0.3) is 0 Å². The Hall–Kier alpha value is -2.12. The van der Waals surface area contributed by atoms with Crippen LogP contribution in [-0.2, 0) is 22.8 Å². The van der Waals surface area contributed by atoms with Crippen LogP contribution in [-0.4, -0.2) is 38.3 Å². The molecule has 6 nitrogen and oxygen atoms in total. The fraction of sp³-hybridized carbons (Fsp3) is 0.500. The van der Waals surface area contributed by atoms with E-state index in [4.69, 9.17) is 13.9 Å². The summed E-state index contributed by atoms with van der Waals surface area (Å²) in [5.41, 5.74) is 2.92. The second kappa shape index (κ2) is 7.86. The van der Waals surface area contributed by atoms with E-state index in [-0.39, 0.29) is 10.7 Å². The first kappa shape index (κ1) is 21.2. The third-order valence-corrected chi connectivity index (χ3v) is 9.70. The molecule has 7 heteroatoms. The Morgan fingerprint density at radius 1 is 1.15 bits per heavy atom. The summed E-state index contributed by atoms with van der Waals surface area (Å²) >= 11 is 0. The molecule has 0 spiro atoms. The molecule has 0 aliphatic heterocycles. The molecule has 0 radical (unpaired) electrons. The number of methoxy groups -OCH3 is 2. The van der Waals surface area contributed by atoms with Crippen LogP contribution in [0.3, 0.4) is 0 Å². The number of hydrogen-bond donors (Lipinski definition) is 0. The first-order valence-corrected chi connectivity index (χ1v) is 11.8. The van der Waals surface area contributed by atoms with Crippen LogP contribution in [0.1, 0.15) is 36.8 Å². The van der Waals surface area contributed by atoms with Crippen LogP contribution in [0.15, 0.2) is 24.3 Å². The average molecular weight is 391 g/mol. The molecule has 0 aliphatic rings. The number of carbonyl (C=O) groups excluding carboxylic acids is 1. The lowest BCUT2D eigenvalue weighted by Crippen LogP contribution is -2.40. The maximum Gasteiger partial charge on any atom is 0.362 e. The molecule has 0 saturated carbocycles. The molecule has 2 rings (SSSR count). The summed E-state index contributed by atoms with van der Waals surface area (Å²) in [6.07, 6.45) is 0. The molecule has 0 aliphatic carbocycles. The number of benzene rings is 1. The van der Waals surface area contributed by atoms with Crippen LogP contribution in [0.4, 0.5) is 0 Å². The van der Waals surface area contributed by atoms with Crippen LogP contribution in [0, 0.1) is 0 Å². The number of ether oxygens (including phenoxy) is 2. The maximum atomic E-state index is 11.9. The van der Waals surface area contributed by atoms with Gasteiger partial charge in [0.1, 0.15) is 5.69 Å². The second-order valence-electron chi connectivity index (χ2n) is 8.09. The van der Waals surface area contributed by atoms with Crippen molar-refractivity contribution in [3.8, 4) is 17.0 Å². The topological polar surface area (TPSA) is 62.6 Å². The number of hydrogen-bond acceptors (Lipinski definition) is 5. The minimum Gasteiger partial charge on any atom is -0.492 e. The Balaban J connectivity index is 2.26. The molecule has 2 aromatic rings. The van der Waals surface area contributed by atoms with E-state index in [1.54, 1.807) is 11.7 Å². The number of aryl methyl sites for hydroxylation is 1. The van der Waals surface area contributed by atoms with Crippen molar-refractivity contribution in [3.05, 3.63) is 35.5 Å². The number of esters is 1. The van der Waals surface area contributed by atoms with Gasteiger partial charge in [0, 0.05) is 12.6 Å². The average Bonchev–Trinajstić information content (AvgIpc) is 2.95. The summed E-state index contributed by atoms with van der Waals surface area (Å²) in [4.78, 5) is 11.9. The zero-order valence-electron chi connectivity index (χ0n) is 17.5. The smallest absolute Gasteiger partial charge is 0.362 e. The second-order valence-corrected chi connectivity index (χ2v) is 12.9. The van der Waals surface area contributed by atoms with Gasteiger partial charge in [0.05, 0.1) is 20.8 Å². The summed E-state index contributed by atoms with van der Waals surface area (Å²) < 4.78 is 18.1. The Labute approximate surface area is 162 Å². The third kappa shape index (κ3) is 4.41. The van der Waals surface area contributed by atoms with Crippen LogP contribution >= 0.6 is 0 Å². The van der Waals surface area contributed by atoms with E-state index < -0.39 is 14.3 Å². The third-order valence-electron chi connectivity index (χ3n) is 5.22. The molecule has 0 N–H and O–H groups in total. The number of carbonyl (C=O) groups is 1. The highest BCUT2D eigenvalue weighted by atomic mass is 28.4. The monoisotopic (exact) mass is 390 g/mol. The van der Waals surface area contributed by atoms with E-state index in [0.717, 1.165) is 16.8 Å². The minimum absolute atomic E-state index is 0.169. The van der Waals surface area contributed by atoms with Crippen molar-refractivity contribution in [1.82, 2.24) is 9.78 Å². The van der Waals surface area contributed by atoms with Gasteiger partial charge in [-0.1, -0.05) is 45.0 Å². The first-order chi connectivity index (χ1) is 12.5. The van der Waals surface area contributed by atoms with Crippen LogP contribution in [0.2, 0.25) is 18.1 Å². The summed E-state index contributed by atoms with van der Waals surface area (Å²) in [6, 6.07) is 8.05. The Morgan fingerprint density at radius 2 is 1.74 bits per heavy atom. The fourth-order valence-electron chi connectivity index (χ4n) is 2.49. The lowest BCUT2D eigenvalue weighted by atomic mass is 10.1. The Bertz CT molecular complexity index is 805. The van der Waals surface area contributed by atoms with Gasteiger partial charge in [0.2, 0.25) is 5.69 Å². The SMILES string of the molecule is COC(=O)c1nn(C)c(-c2ccc(CO[Si](C)(C)C(C)(C)C)cc2)c1OC. The van der Waals surface area contributed by atoms with Gasteiger partial charge < -0.3 is 13.9 Å². The highest BCUT2D eigenvalue weighted by Gasteiger charge is 2.37. The molecule has 0 bridgehead atoms. The quantitative estimate of drug-likeness (QED) is 0.540. The molecule has 0 saturated heterocycles. The lowest BCUT2D eigenvalue weighted by Gasteiger charge is -2.36. The van der Waals surface area contributed by atoms with Crippen molar-refractivity contribution in [1.29, 1.82) is 0 Å². The van der Waals surface area contributed by atoms with Gasteiger partial charge in [-0.05, 0) is 23.7 Å². The van der Waals surface area contributed by atoms with Gasteiger partial charge in [-0.25, -0.2) is 4.79 Å². The van der Waals surface area contributed by atoms with Gasteiger partial charge in [0.15, 0.2) is 14.1 Å². The van der Waals surface area contributed by atoms with Crippen molar-refractivity contribution in [3.63, 3.8) is 0 Å². The summed E-state index contributed by atoms with van der Waals surface area (Å²) in [7, 11) is 2.84. The molecule has 0 amide bonds. The normalized spacial score (nSPS) is 12.1. The van der Waals surface area contributed by atoms with Gasteiger partial charge in [-0.15, -0.1) is 0 Å². The zero-order chi connectivity index (χ0) is 20.4. The molecule has 1 aromatic heterocycles. The minimum atomic E-state index is -1.79. The standard InChI is InChI=1S/C20H30N2O4Si/c1-20(2,3)27(7,8)26-13-14-9-11-15(12-10-14)17-18(24-5)16(19(23)25-6)21-22(17)4/h9-12H,13H2,1-8H3. The number of aromatic nitrogens is 2. The van der Waals surface area contributed by atoms with E-state index in [1.807, 2.05) is 24.3 Å². The molecule has 1 aromatic carbocycles. The maximum absolute atomic E-state index is 11.9. The van der Waals surface area contributed by atoms with Crippen molar-refractivity contribution in [2.75, 3.05) is 14.2 Å². The lowest BCUT2D eigenvalue weighted by molar-refractivity contribution is 0.0589. The molecular weight excluding hydrogens is 360 g/mol. The predicted molar refractivity (Wildman–Crippen MR) is 109 cm³/mol. The highest BCUT2D eigenvalue weighted by Crippen LogP contribution is 2.37. The van der Waals surface area contributed by atoms with Crippen LogP contribution in [0.25, 0.3) is 11.3 Å². The Kier molecular flexibility index (Phi) is 6.16. The molecule has 1 heterocycles. The Morgan fingerprint density at radius 3 is 2.22 bits per heavy atom. The fourth-order valence-corrected chi connectivity index (χ4v) is 3.45. The predicted octanol–water partition coefficient (Wildman–Crippen LogP) is 4.40. The zero-order valence-corrected chi connectivity index (χ0v) is 18.5. The van der Waals surface area contributed by atoms with E-state index in [2.05, 4.69) is 39.0 Å². The van der Waals surface area contributed by atoms with Crippen LogP contribution in [0.5, 0.6) is 5.75 Å². The van der Waals surface area contributed by atoms with Gasteiger partial charge in [-0.2, -0.15) is 5.10 Å². The van der Waals surface area contributed by atoms with E-state index in [9.17, 15) is 4.79 Å². The van der Waals surface area contributed by atoms with Crippen molar-refractivity contribution >= 4 is 14.3 Å². The summed E-state index contributed by atoms with van der Waals surface area (Å²) in [5.74, 6) is -0.109. The number of nitrogens with zero attached hydrogens (tertiary/aromatic N) is 2. The summed E-state index contributed by atoms with van der Waals surface area (Å²) in [5, 5.41) is 4.42. The highest BCUT2D eigenvalue weighted by molar-refractivity contribution is 6.74. The molecule has 0 atom stereocenters. The van der Waals surface area contributed by atoms with Crippen LogP contribution < -0.4 is 4.74 Å². The van der Waals surface area contributed by atoms with E-state index in [0.29, 0.717) is 12.4 Å². The molecule has 0 fully saturated rings. The molecular formula is C20H30N2O4Si. The summed E-state index contributed by atoms with van der Waals surface area (Å²) in [6.45, 7) is 11.8. The molecule has 27 heavy (non-hydrogen) atoms. The van der Waals surface area contributed by atoms with Crippen molar-refractivity contribution in [2.45, 2.75) is 45.5 Å². The van der Waals surface area contributed by atoms with Gasteiger partial charge >= 0.3 is 5.97 Å². The number of rotatable bonds is 6. The molecule has 0 unspecified atom stereocenters. The van der Waals surface area contributed by atoms with E-state index >= 15 is 0 Å². The van der Waals surface area contributed by atoms with Gasteiger partial charge in [-0.3, -0.25) is 4.68 Å². The van der Waals surface area contributed by atoms with Crippen molar-refractivity contribution in [2.24, 2.45) is 7.05 Å². The molecule has 148 valence electrons. The largest absolute Gasteiger partial charge is 0.492 e. The van der Waals surface area contributed by atoms with E-state index in [1.165, 1.54) is 14.2 Å².